The van der Waals surface area contributed by atoms with Crippen LogP contribution in [0.4, 0.5) is 17.3 Å². The second-order valence-electron chi connectivity index (χ2n) is 5.08. The van der Waals surface area contributed by atoms with Crippen LogP contribution in [0.25, 0.3) is 0 Å². The fourth-order valence-electron chi connectivity index (χ4n) is 2.50. The number of nitrogen functional groups attached to an aromatic ring is 2. The van der Waals surface area contributed by atoms with E-state index in [2.05, 4.69) is 43.2 Å². The monoisotopic (exact) mass is 464 g/mol. The first kappa shape index (κ1) is 17.1. The average Bonchev–Trinajstić information content (AvgIpc) is 2.57. The molecule has 3 rings (SSSR count). The molecule has 1 aromatic carbocycles. The average molecular weight is 465 g/mol. The highest BCUT2D eigenvalue weighted by Crippen LogP contribution is 2.41. The lowest BCUT2D eigenvalue weighted by Crippen LogP contribution is -2.32. The van der Waals surface area contributed by atoms with Gasteiger partial charge in [-0.25, -0.2) is 9.98 Å². The molecular formula is C15H10ClIN8. The van der Waals surface area contributed by atoms with Gasteiger partial charge in [0.1, 0.15) is 29.3 Å². The number of hydrogen-bond acceptors (Lipinski definition) is 8. The highest BCUT2D eigenvalue weighted by Gasteiger charge is 2.29. The Balaban J connectivity index is 2.25. The van der Waals surface area contributed by atoms with Crippen molar-refractivity contribution in [2.75, 3.05) is 16.8 Å². The number of hydrogen-bond donors (Lipinski definition) is 4. The van der Waals surface area contributed by atoms with Crippen molar-refractivity contribution in [3.05, 3.63) is 43.5 Å². The summed E-state index contributed by atoms with van der Waals surface area (Å²) in [6.45, 7) is 0. The molecule has 1 unspecified atom stereocenters. The van der Waals surface area contributed by atoms with Gasteiger partial charge >= 0.3 is 0 Å². The molecule has 0 radical (unpaired) electrons. The predicted molar refractivity (Wildman–Crippen MR) is 104 cm³/mol. The van der Waals surface area contributed by atoms with Crippen molar-refractivity contribution in [3.8, 4) is 12.3 Å². The maximum absolute atomic E-state index is 9.29. The topological polar surface area (TPSA) is 149 Å². The third kappa shape index (κ3) is 2.99. The Morgan fingerprint density at radius 3 is 2.72 bits per heavy atom. The summed E-state index contributed by atoms with van der Waals surface area (Å²) < 4.78 is 0.887. The second kappa shape index (κ2) is 6.63. The third-order valence-electron chi connectivity index (χ3n) is 3.62. The molecule has 0 spiro atoms. The Bertz CT molecular complexity index is 988. The van der Waals surface area contributed by atoms with Crippen LogP contribution in [0.5, 0.6) is 0 Å². The fraction of sp³-hybridized carbons (Fsp3) is 0.0667. The lowest BCUT2D eigenvalue weighted by atomic mass is 9.95. The van der Waals surface area contributed by atoms with Crippen molar-refractivity contribution in [1.29, 1.82) is 10.5 Å². The van der Waals surface area contributed by atoms with Crippen molar-refractivity contribution in [1.82, 2.24) is 10.3 Å². The van der Waals surface area contributed by atoms with Crippen LogP contribution in [0.15, 0.2) is 23.2 Å². The highest BCUT2D eigenvalue weighted by molar-refractivity contribution is 14.1. The normalized spacial score (nSPS) is 15.2. The second-order valence-corrected chi connectivity index (χ2v) is 6.64. The molecule has 8 nitrogen and oxygen atoms in total. The summed E-state index contributed by atoms with van der Waals surface area (Å²) in [7, 11) is 0. The Labute approximate surface area is 161 Å². The van der Waals surface area contributed by atoms with Gasteiger partial charge in [-0.3, -0.25) is 5.32 Å². The Hall–Kier alpha value is -2.76. The van der Waals surface area contributed by atoms with Gasteiger partial charge in [-0.05, 0) is 40.3 Å². The van der Waals surface area contributed by atoms with Gasteiger partial charge < -0.3 is 16.8 Å². The first-order valence-corrected chi connectivity index (χ1v) is 8.35. The predicted octanol–water partition coefficient (Wildman–Crippen LogP) is 2.32. The van der Waals surface area contributed by atoms with Crippen LogP contribution in [0.2, 0.25) is 5.02 Å². The summed E-state index contributed by atoms with van der Waals surface area (Å²) in [6.07, 6.45) is 1.80. The number of rotatable bonds is 1. The van der Waals surface area contributed by atoms with Crippen LogP contribution >= 0.6 is 34.2 Å². The number of halogens is 2. The maximum atomic E-state index is 9.29. The Morgan fingerprint density at radius 1 is 1.32 bits per heavy atom. The number of aromatic nitrogens is 1. The van der Waals surface area contributed by atoms with Crippen LogP contribution in [-0.2, 0) is 0 Å². The summed E-state index contributed by atoms with van der Waals surface area (Å²) in [5, 5.41) is 24.0. The van der Waals surface area contributed by atoms with E-state index in [9.17, 15) is 5.26 Å². The van der Waals surface area contributed by atoms with E-state index in [-0.39, 0.29) is 23.0 Å². The van der Waals surface area contributed by atoms with E-state index in [1.165, 1.54) is 0 Å². The molecule has 1 atom stereocenters. The zero-order chi connectivity index (χ0) is 18.1. The molecule has 0 fully saturated rings. The molecule has 2 heterocycles. The molecule has 25 heavy (non-hydrogen) atoms. The first-order chi connectivity index (χ1) is 12.0. The molecule has 0 aliphatic carbocycles. The molecule has 6 N–H and O–H groups in total. The number of benzene rings is 1. The van der Waals surface area contributed by atoms with Crippen molar-refractivity contribution < 1.29 is 0 Å². The number of nitriles is 2. The molecule has 0 amide bonds. The van der Waals surface area contributed by atoms with E-state index in [1.54, 1.807) is 12.3 Å². The minimum Gasteiger partial charge on any atom is -0.397 e. The van der Waals surface area contributed by atoms with Crippen molar-refractivity contribution >= 4 is 57.5 Å². The SMILES string of the molecule is N#CNC1=NC(c2ccc(I)c(Cl)c2)c2c(nc(N)c(C#N)c2N)N1. The number of fused-ring (bicyclic) bond motifs is 1. The lowest BCUT2D eigenvalue weighted by Gasteiger charge is -2.26. The van der Waals surface area contributed by atoms with E-state index in [0.29, 0.717) is 16.4 Å². The molecule has 2 aromatic rings. The quantitative estimate of drug-likeness (QED) is 0.287. The number of guanidine groups is 1. The highest BCUT2D eigenvalue weighted by atomic mass is 127. The number of nitrogens with zero attached hydrogens (tertiary/aromatic N) is 4. The molecule has 1 aliphatic rings. The van der Waals surface area contributed by atoms with Crippen LogP contribution in [0, 0.1) is 26.4 Å². The van der Waals surface area contributed by atoms with Crippen LogP contribution in [0.3, 0.4) is 0 Å². The number of nitrogens with two attached hydrogens (primary N) is 2. The van der Waals surface area contributed by atoms with Crippen molar-refractivity contribution in [3.63, 3.8) is 0 Å². The summed E-state index contributed by atoms with van der Waals surface area (Å²) in [5.74, 6) is 0.538. The van der Waals surface area contributed by atoms with E-state index in [0.717, 1.165) is 9.13 Å². The molecule has 10 heteroatoms. The summed E-state index contributed by atoms with van der Waals surface area (Å²) >= 11 is 8.34. The molecule has 0 saturated carbocycles. The standard InChI is InChI=1S/C15H10ClIN8/c16-8-3-6(1-2-9(8)17)12-10-11(20)7(4-18)13(21)24-14(10)25-15(23-12)22-5-19/h1-3,12H,(H6,20,21,22,23,24,25). The van der Waals surface area contributed by atoms with Crippen LogP contribution < -0.4 is 22.1 Å². The molecule has 1 aliphatic heterocycles. The summed E-state index contributed by atoms with van der Waals surface area (Å²) in [4.78, 5) is 8.65. The van der Waals surface area contributed by atoms with E-state index >= 15 is 0 Å². The van der Waals surface area contributed by atoms with E-state index in [1.807, 2.05) is 18.2 Å². The molecule has 124 valence electrons. The van der Waals surface area contributed by atoms with E-state index < -0.39 is 6.04 Å². The third-order valence-corrected chi connectivity index (χ3v) is 5.19. The number of nitrogens with one attached hydrogen (secondary N) is 2. The van der Waals surface area contributed by atoms with Crippen LogP contribution in [-0.4, -0.2) is 10.9 Å². The van der Waals surface area contributed by atoms with Gasteiger partial charge in [-0.1, -0.05) is 17.7 Å². The van der Waals surface area contributed by atoms with Crippen molar-refractivity contribution in [2.45, 2.75) is 6.04 Å². The summed E-state index contributed by atoms with van der Waals surface area (Å²) in [5.41, 5.74) is 13.5. The van der Waals surface area contributed by atoms with Gasteiger partial charge in [-0.2, -0.15) is 10.5 Å². The molecule has 0 bridgehead atoms. The van der Waals surface area contributed by atoms with Gasteiger partial charge in [-0.15, -0.1) is 0 Å². The van der Waals surface area contributed by atoms with Gasteiger partial charge in [0.15, 0.2) is 6.19 Å². The molecule has 0 saturated heterocycles. The summed E-state index contributed by atoms with van der Waals surface area (Å²) in [6, 6.07) is 6.82. The van der Waals surface area contributed by atoms with Crippen molar-refractivity contribution in [2.24, 2.45) is 4.99 Å². The number of anilines is 3. The van der Waals surface area contributed by atoms with Gasteiger partial charge in [0.25, 0.3) is 0 Å². The first-order valence-electron chi connectivity index (χ1n) is 6.90. The van der Waals surface area contributed by atoms with Gasteiger partial charge in [0.05, 0.1) is 10.7 Å². The lowest BCUT2D eigenvalue weighted by molar-refractivity contribution is 0.846. The van der Waals surface area contributed by atoms with Gasteiger partial charge in [0, 0.05) is 9.13 Å². The zero-order valence-electron chi connectivity index (χ0n) is 12.5. The number of pyridine rings is 1. The van der Waals surface area contributed by atoms with Gasteiger partial charge in [0.2, 0.25) is 5.96 Å². The molecular weight excluding hydrogens is 455 g/mol. The van der Waals surface area contributed by atoms with E-state index in [4.69, 9.17) is 28.3 Å². The van der Waals surface area contributed by atoms with Crippen LogP contribution in [0.1, 0.15) is 22.7 Å². The fourth-order valence-corrected chi connectivity index (χ4v) is 3.03. The minimum atomic E-state index is -0.596. The largest absolute Gasteiger partial charge is 0.397 e. The Kier molecular flexibility index (Phi) is 4.53. The number of aliphatic imine (C=N–C) groups is 1. The zero-order valence-corrected chi connectivity index (χ0v) is 15.4. The minimum absolute atomic E-state index is 0.00356. The maximum Gasteiger partial charge on any atom is 0.211 e. The Morgan fingerprint density at radius 2 is 2.08 bits per heavy atom. The molecule has 1 aromatic heterocycles. The smallest absolute Gasteiger partial charge is 0.211 e.